The molecule has 1 fully saturated rings. The van der Waals surface area contributed by atoms with Gasteiger partial charge in [-0.15, -0.1) is 13.2 Å². The smallest absolute Gasteiger partial charge is 0.325 e. The summed E-state index contributed by atoms with van der Waals surface area (Å²) in [6.07, 6.45) is 3.18. The van der Waals surface area contributed by atoms with Crippen molar-refractivity contribution in [2.24, 2.45) is 0 Å². The van der Waals surface area contributed by atoms with Crippen molar-refractivity contribution >= 4 is 17.8 Å². The van der Waals surface area contributed by atoms with Crippen LogP contribution in [-0.4, -0.2) is 47.3 Å². The van der Waals surface area contributed by atoms with E-state index in [2.05, 4.69) is 32.3 Å². The molecule has 6 nitrogen and oxygen atoms in total. The Morgan fingerprint density at radius 1 is 1.19 bits per heavy atom. The zero-order valence-corrected chi connectivity index (χ0v) is 16.2. The minimum absolute atomic E-state index is 0.313. The van der Waals surface area contributed by atoms with Crippen LogP contribution in [0.1, 0.15) is 37.8 Å². The number of amides is 4. The van der Waals surface area contributed by atoms with Gasteiger partial charge in [-0.25, -0.2) is 4.79 Å². The zero-order chi connectivity index (χ0) is 20.2. The van der Waals surface area contributed by atoms with E-state index in [0.717, 1.165) is 10.5 Å². The molecular weight excluding hydrogens is 342 g/mol. The topological polar surface area (TPSA) is 69.7 Å². The molecular formula is C21H27N3O3. The number of carbonyl (C=O) groups is 3. The Balaban J connectivity index is 2.21. The molecule has 0 spiro atoms. The monoisotopic (exact) mass is 369 g/mol. The van der Waals surface area contributed by atoms with E-state index in [0.29, 0.717) is 24.6 Å². The highest BCUT2D eigenvalue weighted by molar-refractivity contribution is 6.09. The lowest BCUT2D eigenvalue weighted by Gasteiger charge is -2.24. The van der Waals surface area contributed by atoms with Crippen LogP contribution in [0.4, 0.5) is 4.79 Å². The third-order valence-corrected chi connectivity index (χ3v) is 4.77. The Labute approximate surface area is 160 Å². The quantitative estimate of drug-likeness (QED) is 0.566. The Morgan fingerprint density at radius 2 is 1.74 bits per heavy atom. The van der Waals surface area contributed by atoms with Crippen LogP contribution < -0.4 is 5.32 Å². The molecule has 0 unspecified atom stereocenters. The molecule has 0 aliphatic carbocycles. The minimum atomic E-state index is -1.19. The summed E-state index contributed by atoms with van der Waals surface area (Å²) in [6.45, 7) is 13.4. The van der Waals surface area contributed by atoms with Crippen LogP contribution in [0.3, 0.4) is 0 Å². The number of imide groups is 1. The van der Waals surface area contributed by atoms with Crippen molar-refractivity contribution in [1.29, 1.82) is 0 Å². The maximum absolute atomic E-state index is 13.0. The summed E-state index contributed by atoms with van der Waals surface area (Å²) in [5, 5.41) is 2.73. The largest absolute Gasteiger partial charge is 0.334 e. The first-order valence-corrected chi connectivity index (χ1v) is 8.98. The van der Waals surface area contributed by atoms with Gasteiger partial charge in [0, 0.05) is 13.1 Å². The highest BCUT2D eigenvalue weighted by atomic mass is 16.2. The second-order valence-corrected chi connectivity index (χ2v) is 7.10. The molecule has 0 saturated carbocycles. The zero-order valence-electron chi connectivity index (χ0n) is 16.2. The summed E-state index contributed by atoms with van der Waals surface area (Å²) in [4.78, 5) is 40.3. The van der Waals surface area contributed by atoms with Crippen molar-refractivity contribution in [3.63, 3.8) is 0 Å². The summed E-state index contributed by atoms with van der Waals surface area (Å²) >= 11 is 0. The summed E-state index contributed by atoms with van der Waals surface area (Å²) < 4.78 is 0. The first-order valence-electron chi connectivity index (χ1n) is 8.98. The van der Waals surface area contributed by atoms with Gasteiger partial charge in [0.2, 0.25) is 5.91 Å². The third-order valence-electron chi connectivity index (χ3n) is 4.77. The molecule has 1 N–H and O–H groups in total. The van der Waals surface area contributed by atoms with Crippen LogP contribution in [0, 0.1) is 0 Å². The average molecular weight is 369 g/mol. The van der Waals surface area contributed by atoms with Gasteiger partial charge in [0.1, 0.15) is 12.1 Å². The first-order chi connectivity index (χ1) is 12.7. The number of hydrogen-bond donors (Lipinski definition) is 1. The number of benzene rings is 1. The lowest BCUT2D eigenvalue weighted by atomic mass is 9.90. The lowest BCUT2D eigenvalue weighted by molar-refractivity contribution is -0.138. The van der Waals surface area contributed by atoms with Crippen LogP contribution in [0.15, 0.2) is 49.6 Å². The molecule has 1 atom stereocenters. The number of carbonyl (C=O) groups excluding carboxylic acids is 3. The van der Waals surface area contributed by atoms with Gasteiger partial charge in [-0.2, -0.15) is 0 Å². The number of rotatable bonds is 8. The summed E-state index contributed by atoms with van der Waals surface area (Å²) in [6, 6.07) is 7.03. The maximum atomic E-state index is 13.0. The Bertz CT molecular complexity index is 744. The van der Waals surface area contributed by atoms with E-state index in [-0.39, 0.29) is 12.5 Å². The number of nitrogens with one attached hydrogen (secondary N) is 1. The normalized spacial score (nSPS) is 19.2. The molecule has 1 heterocycles. The van der Waals surface area contributed by atoms with Gasteiger partial charge in [-0.3, -0.25) is 14.5 Å². The van der Waals surface area contributed by atoms with E-state index in [1.807, 2.05) is 24.3 Å². The van der Waals surface area contributed by atoms with E-state index < -0.39 is 17.5 Å². The highest BCUT2D eigenvalue weighted by Crippen LogP contribution is 2.30. The predicted octanol–water partition coefficient (Wildman–Crippen LogP) is 2.78. The first kappa shape index (κ1) is 20.4. The fraction of sp³-hybridized carbons (Fsp3) is 0.381. The Morgan fingerprint density at radius 3 is 2.22 bits per heavy atom. The van der Waals surface area contributed by atoms with Crippen molar-refractivity contribution in [3.8, 4) is 0 Å². The van der Waals surface area contributed by atoms with Crippen LogP contribution in [-0.2, 0) is 15.1 Å². The van der Waals surface area contributed by atoms with Crippen LogP contribution in [0.5, 0.6) is 0 Å². The SMILES string of the molecule is C=CCN(CC=C)C(=O)CN1C(=O)N[C@](C)(c2ccc(C(C)C)cc2)C1=O. The molecule has 1 saturated heterocycles. The van der Waals surface area contributed by atoms with Gasteiger partial charge in [-0.05, 0) is 24.0 Å². The maximum Gasteiger partial charge on any atom is 0.325 e. The van der Waals surface area contributed by atoms with Crippen LogP contribution in [0.25, 0.3) is 0 Å². The number of hydrogen-bond acceptors (Lipinski definition) is 3. The molecule has 4 amide bonds. The number of nitrogens with zero attached hydrogens (tertiary/aromatic N) is 2. The molecule has 1 aromatic carbocycles. The van der Waals surface area contributed by atoms with E-state index in [1.54, 1.807) is 19.1 Å². The Hall–Kier alpha value is -2.89. The van der Waals surface area contributed by atoms with Crippen LogP contribution >= 0.6 is 0 Å². The van der Waals surface area contributed by atoms with E-state index in [9.17, 15) is 14.4 Å². The van der Waals surface area contributed by atoms with Crippen LogP contribution in [0.2, 0.25) is 0 Å². The predicted molar refractivity (Wildman–Crippen MR) is 105 cm³/mol. The third kappa shape index (κ3) is 4.10. The van der Waals surface area contributed by atoms with Gasteiger partial charge in [-0.1, -0.05) is 50.3 Å². The summed E-state index contributed by atoms with van der Waals surface area (Å²) in [5.74, 6) is -0.399. The molecule has 0 aromatic heterocycles. The molecule has 6 heteroatoms. The molecule has 0 radical (unpaired) electrons. The summed E-state index contributed by atoms with van der Waals surface area (Å²) in [7, 11) is 0. The lowest BCUT2D eigenvalue weighted by Crippen LogP contribution is -2.44. The van der Waals surface area contributed by atoms with E-state index in [4.69, 9.17) is 0 Å². The van der Waals surface area contributed by atoms with Gasteiger partial charge in [0.15, 0.2) is 0 Å². The second-order valence-electron chi connectivity index (χ2n) is 7.10. The second kappa shape index (κ2) is 8.20. The Kier molecular flexibility index (Phi) is 6.20. The van der Waals surface area contributed by atoms with Gasteiger partial charge in [0.25, 0.3) is 5.91 Å². The molecule has 2 rings (SSSR count). The molecule has 1 aromatic rings. The fourth-order valence-electron chi connectivity index (χ4n) is 3.06. The molecule has 1 aliphatic heterocycles. The highest BCUT2D eigenvalue weighted by Gasteiger charge is 2.49. The van der Waals surface area contributed by atoms with Gasteiger partial charge >= 0.3 is 6.03 Å². The standard InChI is InChI=1S/C21H27N3O3/c1-6-12-23(13-7-2)18(25)14-24-19(26)21(5,22-20(24)27)17-10-8-16(9-11-17)15(3)4/h6-11,15H,1-2,12-14H2,3-5H3,(H,22,27)/t21-/m1/s1. The van der Waals surface area contributed by atoms with Crippen molar-refractivity contribution in [3.05, 3.63) is 60.7 Å². The minimum Gasteiger partial charge on any atom is -0.334 e. The van der Waals surface area contributed by atoms with E-state index >= 15 is 0 Å². The average Bonchev–Trinajstić information content (AvgIpc) is 2.85. The van der Waals surface area contributed by atoms with E-state index in [1.165, 1.54) is 4.90 Å². The molecule has 144 valence electrons. The molecule has 27 heavy (non-hydrogen) atoms. The molecule has 0 bridgehead atoms. The van der Waals surface area contributed by atoms with Crippen molar-refractivity contribution < 1.29 is 14.4 Å². The van der Waals surface area contributed by atoms with Gasteiger partial charge < -0.3 is 10.2 Å². The number of urea groups is 1. The van der Waals surface area contributed by atoms with Crippen molar-refractivity contribution in [2.45, 2.75) is 32.2 Å². The fourth-order valence-corrected chi connectivity index (χ4v) is 3.06. The summed E-state index contributed by atoms with van der Waals surface area (Å²) in [5.41, 5.74) is 0.652. The van der Waals surface area contributed by atoms with Gasteiger partial charge in [0.05, 0.1) is 0 Å². The van der Waals surface area contributed by atoms with Crippen molar-refractivity contribution in [2.75, 3.05) is 19.6 Å². The van der Waals surface area contributed by atoms with Crippen molar-refractivity contribution in [1.82, 2.24) is 15.1 Å². The molecule has 1 aliphatic rings.